The van der Waals surface area contributed by atoms with Crippen molar-refractivity contribution in [2.75, 3.05) is 25.4 Å². The molecule has 0 amide bonds. The van der Waals surface area contributed by atoms with Crippen molar-refractivity contribution >= 4 is 26.0 Å². The zero-order chi connectivity index (χ0) is 17.7. The molecule has 134 valence electrons. The summed E-state index contributed by atoms with van der Waals surface area (Å²) in [6.45, 7) is 0.920. The molecule has 0 radical (unpaired) electrons. The lowest BCUT2D eigenvalue weighted by molar-refractivity contribution is 0.206. The number of sulfonamides is 1. The van der Waals surface area contributed by atoms with Crippen LogP contribution in [0.15, 0.2) is 53.1 Å². The van der Waals surface area contributed by atoms with Crippen LogP contribution in [0.1, 0.15) is 6.42 Å². The first-order chi connectivity index (χ1) is 12.0. The molecule has 3 rings (SSSR count). The third-order valence-corrected chi connectivity index (χ3v) is 6.11. The van der Waals surface area contributed by atoms with Gasteiger partial charge in [0, 0.05) is 23.3 Å². The summed E-state index contributed by atoms with van der Waals surface area (Å²) in [5.41, 5.74) is 0. The van der Waals surface area contributed by atoms with Gasteiger partial charge < -0.3 is 9.47 Å². The molecule has 1 fully saturated rings. The van der Waals surface area contributed by atoms with E-state index >= 15 is 0 Å². The number of pyridine rings is 1. The lowest BCUT2D eigenvalue weighted by Gasteiger charge is -2.17. The highest BCUT2D eigenvalue weighted by molar-refractivity contribution is 9.10. The summed E-state index contributed by atoms with van der Waals surface area (Å²) in [5.74, 6) is 1.12. The topological polar surface area (TPSA) is 68.7 Å². The molecule has 2 heterocycles. The largest absolute Gasteiger partial charge is 0.492 e. The second kappa shape index (κ2) is 8.16. The standard InChI is InChI=1S/C17H19BrN2O4S/c18-14-6-7-17(19-12-14)24-16-8-9-20(13-16)25(21,22)11-10-23-15-4-2-1-3-5-15/h1-7,12,16H,8-11,13H2. The molecule has 0 bridgehead atoms. The van der Waals surface area contributed by atoms with Crippen LogP contribution in [0.25, 0.3) is 0 Å². The fourth-order valence-electron chi connectivity index (χ4n) is 2.56. The van der Waals surface area contributed by atoms with Crippen LogP contribution in [-0.4, -0.2) is 49.3 Å². The van der Waals surface area contributed by atoms with Gasteiger partial charge in [0.25, 0.3) is 0 Å². The monoisotopic (exact) mass is 426 g/mol. The van der Waals surface area contributed by atoms with Crippen molar-refractivity contribution < 1.29 is 17.9 Å². The molecule has 0 spiro atoms. The van der Waals surface area contributed by atoms with Crippen LogP contribution in [0, 0.1) is 0 Å². The van der Waals surface area contributed by atoms with Gasteiger partial charge >= 0.3 is 0 Å². The third-order valence-electron chi connectivity index (χ3n) is 3.84. The molecule has 25 heavy (non-hydrogen) atoms. The molecule has 0 saturated carbocycles. The van der Waals surface area contributed by atoms with Gasteiger partial charge in [0.15, 0.2) is 0 Å². The first kappa shape index (κ1) is 18.2. The number of rotatable bonds is 7. The van der Waals surface area contributed by atoms with Crippen LogP contribution in [0.2, 0.25) is 0 Å². The predicted octanol–water partition coefficient (Wildman–Crippen LogP) is 2.71. The summed E-state index contributed by atoms with van der Waals surface area (Å²) in [6.07, 6.45) is 2.12. The van der Waals surface area contributed by atoms with Gasteiger partial charge in [-0.15, -0.1) is 0 Å². The molecule has 1 atom stereocenters. The van der Waals surface area contributed by atoms with E-state index in [1.807, 2.05) is 24.3 Å². The summed E-state index contributed by atoms with van der Waals surface area (Å²) in [5, 5.41) is 0. The van der Waals surface area contributed by atoms with Crippen molar-refractivity contribution in [3.05, 3.63) is 53.1 Å². The lowest BCUT2D eigenvalue weighted by atomic mass is 10.3. The fraction of sp³-hybridized carbons (Fsp3) is 0.353. The Morgan fingerprint density at radius 2 is 2.00 bits per heavy atom. The summed E-state index contributed by atoms with van der Waals surface area (Å²) in [6, 6.07) is 12.8. The van der Waals surface area contributed by atoms with Crippen molar-refractivity contribution in [3.8, 4) is 11.6 Å². The maximum Gasteiger partial charge on any atom is 0.217 e. The molecule has 8 heteroatoms. The van der Waals surface area contributed by atoms with E-state index < -0.39 is 10.0 Å². The number of halogens is 1. The van der Waals surface area contributed by atoms with Crippen LogP contribution in [-0.2, 0) is 10.0 Å². The molecule has 6 nitrogen and oxygen atoms in total. The Bertz CT molecular complexity index is 784. The molecule has 2 aromatic rings. The Kier molecular flexibility index (Phi) is 5.93. The molecule has 0 N–H and O–H groups in total. The van der Waals surface area contributed by atoms with Gasteiger partial charge in [-0.05, 0) is 40.5 Å². The molecular formula is C17H19BrN2O4S. The molecule has 1 aliphatic rings. The van der Waals surface area contributed by atoms with E-state index in [0.29, 0.717) is 31.1 Å². The number of para-hydroxylation sites is 1. The Hall–Kier alpha value is -1.64. The van der Waals surface area contributed by atoms with Gasteiger partial charge in [-0.3, -0.25) is 0 Å². The summed E-state index contributed by atoms with van der Waals surface area (Å²) in [7, 11) is -3.36. The van der Waals surface area contributed by atoms with Gasteiger partial charge in [-0.2, -0.15) is 4.31 Å². The number of nitrogens with zero attached hydrogens (tertiary/aromatic N) is 2. The summed E-state index contributed by atoms with van der Waals surface area (Å²) < 4.78 is 38.4. The average Bonchev–Trinajstić information content (AvgIpc) is 3.07. The Morgan fingerprint density at radius 1 is 1.20 bits per heavy atom. The van der Waals surface area contributed by atoms with Crippen molar-refractivity contribution in [1.82, 2.24) is 9.29 Å². The number of hydrogen-bond acceptors (Lipinski definition) is 5. The minimum atomic E-state index is -3.36. The van der Waals surface area contributed by atoms with E-state index in [9.17, 15) is 8.42 Å². The summed E-state index contributed by atoms with van der Waals surface area (Å²) >= 11 is 3.32. The molecule has 1 aromatic carbocycles. The number of benzene rings is 1. The highest BCUT2D eigenvalue weighted by atomic mass is 79.9. The van der Waals surface area contributed by atoms with Gasteiger partial charge in [0.2, 0.25) is 15.9 Å². The van der Waals surface area contributed by atoms with E-state index in [2.05, 4.69) is 20.9 Å². The van der Waals surface area contributed by atoms with Crippen molar-refractivity contribution in [2.45, 2.75) is 12.5 Å². The zero-order valence-electron chi connectivity index (χ0n) is 13.5. The van der Waals surface area contributed by atoms with E-state index in [0.717, 1.165) is 4.47 Å². The second-order valence-corrected chi connectivity index (χ2v) is 8.68. The van der Waals surface area contributed by atoms with E-state index in [1.165, 1.54) is 4.31 Å². The van der Waals surface area contributed by atoms with Gasteiger partial charge in [0.1, 0.15) is 18.5 Å². The van der Waals surface area contributed by atoms with Crippen LogP contribution in [0.5, 0.6) is 11.6 Å². The van der Waals surface area contributed by atoms with Crippen molar-refractivity contribution in [3.63, 3.8) is 0 Å². The quantitative estimate of drug-likeness (QED) is 0.680. The maximum atomic E-state index is 12.4. The van der Waals surface area contributed by atoms with Crippen LogP contribution in [0.3, 0.4) is 0 Å². The van der Waals surface area contributed by atoms with Crippen LogP contribution >= 0.6 is 15.9 Å². The van der Waals surface area contributed by atoms with Gasteiger partial charge in [-0.1, -0.05) is 18.2 Å². The van der Waals surface area contributed by atoms with E-state index in [-0.39, 0.29) is 18.5 Å². The predicted molar refractivity (Wildman–Crippen MR) is 98.3 cm³/mol. The molecule has 1 aromatic heterocycles. The minimum absolute atomic E-state index is 0.0504. The fourth-order valence-corrected chi connectivity index (χ4v) is 4.12. The smallest absolute Gasteiger partial charge is 0.217 e. The molecule has 1 unspecified atom stereocenters. The number of ether oxygens (including phenoxy) is 2. The Morgan fingerprint density at radius 3 is 2.72 bits per heavy atom. The first-order valence-electron chi connectivity index (χ1n) is 7.97. The highest BCUT2D eigenvalue weighted by Gasteiger charge is 2.32. The number of aromatic nitrogens is 1. The molecule has 1 aliphatic heterocycles. The Labute approximate surface area is 156 Å². The second-order valence-electron chi connectivity index (χ2n) is 5.68. The van der Waals surface area contributed by atoms with Crippen molar-refractivity contribution in [2.24, 2.45) is 0 Å². The first-order valence-corrected chi connectivity index (χ1v) is 10.4. The maximum absolute atomic E-state index is 12.4. The SMILES string of the molecule is O=S(=O)(CCOc1ccccc1)N1CCC(Oc2ccc(Br)cn2)C1. The van der Waals surface area contributed by atoms with Gasteiger partial charge in [0.05, 0.1) is 12.3 Å². The molecule has 1 saturated heterocycles. The number of hydrogen-bond donors (Lipinski definition) is 0. The normalized spacial score (nSPS) is 18.2. The minimum Gasteiger partial charge on any atom is -0.492 e. The summed E-state index contributed by atoms with van der Waals surface area (Å²) in [4.78, 5) is 4.16. The van der Waals surface area contributed by atoms with Crippen LogP contribution < -0.4 is 9.47 Å². The molecular weight excluding hydrogens is 408 g/mol. The zero-order valence-corrected chi connectivity index (χ0v) is 15.9. The highest BCUT2D eigenvalue weighted by Crippen LogP contribution is 2.20. The van der Waals surface area contributed by atoms with Gasteiger partial charge in [-0.25, -0.2) is 13.4 Å². The lowest BCUT2D eigenvalue weighted by Crippen LogP contribution is -2.34. The average molecular weight is 427 g/mol. The third kappa shape index (κ3) is 5.17. The van der Waals surface area contributed by atoms with E-state index in [1.54, 1.807) is 24.4 Å². The molecule has 0 aliphatic carbocycles. The van der Waals surface area contributed by atoms with Crippen molar-refractivity contribution in [1.29, 1.82) is 0 Å². The van der Waals surface area contributed by atoms with Crippen LogP contribution in [0.4, 0.5) is 0 Å². The Balaban J connectivity index is 1.49. The van der Waals surface area contributed by atoms with E-state index in [4.69, 9.17) is 9.47 Å².